The largest absolute Gasteiger partial charge is 0.467 e. The zero-order chi connectivity index (χ0) is 37.7. The molecule has 11 heteroatoms. The van der Waals surface area contributed by atoms with Gasteiger partial charge in [-0.15, -0.1) is 0 Å². The first-order valence-electron chi connectivity index (χ1n) is 18.0. The van der Waals surface area contributed by atoms with E-state index in [2.05, 4.69) is 34.9 Å². The van der Waals surface area contributed by atoms with Crippen molar-refractivity contribution >= 4 is 24.2 Å². The molecule has 1 aliphatic rings. The second kappa shape index (κ2) is 19.0. The molecule has 0 radical (unpaired) electrons. The topological polar surface area (TPSA) is 132 Å². The summed E-state index contributed by atoms with van der Waals surface area (Å²) in [5.41, 5.74) is 4.62. The van der Waals surface area contributed by atoms with Crippen molar-refractivity contribution in [3.8, 4) is 11.1 Å². The van der Waals surface area contributed by atoms with Crippen LogP contribution in [0, 0.1) is 5.92 Å². The molecule has 0 aliphatic heterocycles. The number of ether oxygens (including phenoxy) is 4. The van der Waals surface area contributed by atoms with E-state index >= 15 is 0 Å². The van der Waals surface area contributed by atoms with E-state index in [1.54, 1.807) is 20.8 Å². The fraction of sp³-hybridized carbons (Fsp3) is 0.463. The highest BCUT2D eigenvalue weighted by atomic mass is 16.6. The lowest BCUT2D eigenvalue weighted by atomic mass is 9.98. The number of carbonyl (C=O) groups is 4. The monoisotopic (exact) mass is 715 g/mol. The Balaban J connectivity index is 1.47. The minimum atomic E-state index is -1.01. The van der Waals surface area contributed by atoms with Gasteiger partial charge in [-0.25, -0.2) is 19.2 Å². The van der Waals surface area contributed by atoms with Crippen molar-refractivity contribution in [2.75, 3.05) is 26.8 Å². The highest BCUT2D eigenvalue weighted by molar-refractivity contribution is 5.82. The van der Waals surface area contributed by atoms with E-state index in [-0.39, 0.29) is 38.0 Å². The molecule has 1 aliphatic carbocycles. The number of alkyl carbamates (subject to hydrolysis) is 2. The van der Waals surface area contributed by atoms with Gasteiger partial charge in [-0.3, -0.25) is 4.90 Å². The van der Waals surface area contributed by atoms with Crippen molar-refractivity contribution < 1.29 is 38.1 Å². The van der Waals surface area contributed by atoms with E-state index in [9.17, 15) is 19.2 Å². The number of esters is 1. The summed E-state index contributed by atoms with van der Waals surface area (Å²) in [5.74, 6) is -0.586. The third-order valence-electron chi connectivity index (χ3n) is 8.70. The first kappa shape index (κ1) is 39.7. The highest BCUT2D eigenvalue weighted by Gasteiger charge is 2.35. The van der Waals surface area contributed by atoms with Gasteiger partial charge in [0.15, 0.2) is 0 Å². The molecule has 52 heavy (non-hydrogen) atoms. The Morgan fingerprint density at radius 2 is 1.42 bits per heavy atom. The lowest BCUT2D eigenvalue weighted by Gasteiger charge is -2.33. The van der Waals surface area contributed by atoms with Crippen LogP contribution in [-0.4, -0.2) is 73.6 Å². The van der Waals surface area contributed by atoms with Crippen LogP contribution in [-0.2, 0) is 30.3 Å². The summed E-state index contributed by atoms with van der Waals surface area (Å²) >= 11 is 0. The summed E-state index contributed by atoms with van der Waals surface area (Å²) in [6, 6.07) is 23.9. The van der Waals surface area contributed by atoms with E-state index < -0.39 is 41.9 Å². The number of nitrogens with zero attached hydrogens (tertiary/aromatic N) is 1. The van der Waals surface area contributed by atoms with Crippen molar-refractivity contribution in [3.05, 3.63) is 95.6 Å². The molecule has 3 aromatic carbocycles. The Labute approximate surface area is 307 Å². The molecular weight excluding hydrogens is 662 g/mol. The number of hydrogen-bond acceptors (Lipinski definition) is 8. The van der Waals surface area contributed by atoms with Gasteiger partial charge >= 0.3 is 24.2 Å². The average molecular weight is 716 g/mol. The molecule has 280 valence electrons. The predicted molar refractivity (Wildman–Crippen MR) is 199 cm³/mol. The highest BCUT2D eigenvalue weighted by Crippen LogP contribution is 2.44. The fourth-order valence-corrected chi connectivity index (χ4v) is 6.43. The second-order valence-electron chi connectivity index (χ2n) is 14.5. The number of unbranched alkanes of at least 4 members (excludes halogenated alkanes) is 1. The van der Waals surface area contributed by atoms with Crippen LogP contribution in [0.25, 0.3) is 11.1 Å². The van der Waals surface area contributed by atoms with E-state index in [0.717, 1.165) is 27.8 Å². The van der Waals surface area contributed by atoms with Crippen molar-refractivity contribution in [1.82, 2.24) is 15.5 Å². The van der Waals surface area contributed by atoms with Crippen molar-refractivity contribution in [1.29, 1.82) is 0 Å². The summed E-state index contributed by atoms with van der Waals surface area (Å²) in [7, 11) is 1.27. The second-order valence-corrected chi connectivity index (χ2v) is 14.5. The minimum absolute atomic E-state index is 0.00146. The maximum Gasteiger partial charge on any atom is 0.410 e. The van der Waals surface area contributed by atoms with Gasteiger partial charge < -0.3 is 29.6 Å². The Morgan fingerprint density at radius 1 is 0.808 bits per heavy atom. The molecule has 0 saturated heterocycles. The van der Waals surface area contributed by atoms with Crippen molar-refractivity contribution in [2.24, 2.45) is 5.92 Å². The quantitative estimate of drug-likeness (QED) is 0.0872. The Bertz CT molecular complexity index is 1590. The van der Waals surface area contributed by atoms with Gasteiger partial charge in [0.1, 0.15) is 24.9 Å². The lowest BCUT2D eigenvalue weighted by molar-refractivity contribution is -0.147. The summed E-state index contributed by atoms with van der Waals surface area (Å²) in [6.45, 7) is 9.82. The Morgan fingerprint density at radius 3 is 2.02 bits per heavy atom. The standard InChI is InChI=1S/C41H53N3O8/c1-28(2)24-30(43-39(47)50-27-35-33-20-12-10-18-31(33)32-19-11-13-21-34(32)35)25-44(40(48)51-26-29-16-8-7-9-17-29)36(37(45)49-6)22-14-15-23-42-38(46)52-41(3,4)5/h7-13,16-21,28,30,35-36H,14-15,22-27H2,1-6H3,(H,42,46)(H,43,47)/t30-,36-/m0/s1. The lowest BCUT2D eigenvalue weighted by Crippen LogP contribution is -2.53. The van der Waals surface area contributed by atoms with Crippen LogP contribution in [0.2, 0.25) is 0 Å². The van der Waals surface area contributed by atoms with Crippen LogP contribution in [0.15, 0.2) is 78.9 Å². The maximum absolute atomic E-state index is 13.8. The minimum Gasteiger partial charge on any atom is -0.467 e. The number of benzene rings is 3. The predicted octanol–water partition coefficient (Wildman–Crippen LogP) is 7.82. The smallest absolute Gasteiger partial charge is 0.410 e. The molecule has 11 nitrogen and oxygen atoms in total. The van der Waals surface area contributed by atoms with E-state index in [0.29, 0.717) is 25.8 Å². The van der Waals surface area contributed by atoms with Crippen molar-refractivity contribution in [2.45, 2.75) is 90.5 Å². The summed E-state index contributed by atoms with van der Waals surface area (Å²) < 4.78 is 22.0. The van der Waals surface area contributed by atoms with Gasteiger partial charge in [0.25, 0.3) is 0 Å². The zero-order valence-corrected chi connectivity index (χ0v) is 31.2. The van der Waals surface area contributed by atoms with Crippen molar-refractivity contribution in [3.63, 3.8) is 0 Å². The summed E-state index contributed by atoms with van der Waals surface area (Å²) in [5, 5.41) is 5.70. The molecule has 0 heterocycles. The molecule has 0 fully saturated rings. The SMILES string of the molecule is COC(=O)[C@H](CCCCNC(=O)OC(C)(C)C)N(C[C@H](CC(C)C)NC(=O)OCC1c2ccccc2-c2ccccc21)C(=O)OCc1ccccc1. The Hall–Kier alpha value is -5.06. The zero-order valence-electron chi connectivity index (χ0n) is 31.2. The van der Waals surface area contributed by atoms with E-state index in [1.807, 2.05) is 68.4 Å². The molecule has 0 spiro atoms. The number of amides is 3. The van der Waals surface area contributed by atoms with E-state index in [4.69, 9.17) is 18.9 Å². The van der Waals surface area contributed by atoms with Gasteiger partial charge in [-0.2, -0.15) is 0 Å². The molecular formula is C41H53N3O8. The van der Waals surface area contributed by atoms with Gasteiger partial charge in [0.2, 0.25) is 0 Å². The van der Waals surface area contributed by atoms with Gasteiger partial charge in [-0.05, 0) is 80.2 Å². The molecule has 0 unspecified atom stereocenters. The normalized spacial score (nSPS) is 13.3. The van der Waals surface area contributed by atoms with Crippen LogP contribution in [0.5, 0.6) is 0 Å². The first-order chi connectivity index (χ1) is 24.9. The van der Waals surface area contributed by atoms with Gasteiger partial charge in [0, 0.05) is 19.0 Å². The Kier molecular flexibility index (Phi) is 14.5. The maximum atomic E-state index is 13.8. The molecule has 0 saturated carbocycles. The molecule has 3 aromatic rings. The van der Waals surface area contributed by atoms with Crippen LogP contribution >= 0.6 is 0 Å². The summed E-state index contributed by atoms with van der Waals surface area (Å²) in [6.07, 6.45) is -0.121. The number of hydrogen-bond donors (Lipinski definition) is 2. The third-order valence-corrected chi connectivity index (χ3v) is 8.70. The molecule has 2 N–H and O–H groups in total. The van der Waals surface area contributed by atoms with Crippen LogP contribution in [0.3, 0.4) is 0 Å². The third kappa shape index (κ3) is 11.7. The van der Waals surface area contributed by atoms with E-state index in [1.165, 1.54) is 12.0 Å². The number of methoxy groups -OCH3 is 1. The molecule has 0 aromatic heterocycles. The van der Waals surface area contributed by atoms with Gasteiger partial charge in [-0.1, -0.05) is 92.7 Å². The number of rotatable bonds is 16. The molecule has 0 bridgehead atoms. The molecule has 3 amide bonds. The van der Waals surface area contributed by atoms with Crippen LogP contribution in [0.4, 0.5) is 14.4 Å². The van der Waals surface area contributed by atoms with Crippen LogP contribution < -0.4 is 10.6 Å². The first-order valence-corrected chi connectivity index (χ1v) is 18.0. The number of carbonyl (C=O) groups excluding carboxylic acids is 4. The number of nitrogens with one attached hydrogen (secondary N) is 2. The average Bonchev–Trinajstić information content (AvgIpc) is 3.43. The van der Waals surface area contributed by atoms with Crippen LogP contribution in [0.1, 0.15) is 82.9 Å². The molecule has 4 rings (SSSR count). The number of fused-ring (bicyclic) bond motifs is 3. The summed E-state index contributed by atoms with van der Waals surface area (Å²) in [4.78, 5) is 53.9. The van der Waals surface area contributed by atoms with Gasteiger partial charge in [0.05, 0.1) is 13.2 Å². The fourth-order valence-electron chi connectivity index (χ4n) is 6.43. The molecule has 2 atom stereocenters.